The number of nitrogens with zero attached hydrogens (tertiary/aromatic N) is 4. The number of benzene rings is 4. The maximum Gasteiger partial charge on any atom is 0.210 e. The van der Waals surface area contributed by atoms with Gasteiger partial charge in [-0.15, -0.1) is 4.33 Å². The van der Waals surface area contributed by atoms with Crippen LogP contribution in [0.4, 0.5) is 17.3 Å². The van der Waals surface area contributed by atoms with Gasteiger partial charge in [0.15, 0.2) is 5.71 Å². The Morgan fingerprint density at radius 3 is 2.31 bits per heavy atom. The molecule has 24 nitrogen and oxygen atoms in total. The third-order valence-electron chi connectivity index (χ3n) is 15.8. The Morgan fingerprint density at radius 1 is 0.895 bits per heavy atom. The first-order valence-electron chi connectivity index (χ1n) is 27.7. The van der Waals surface area contributed by atoms with Gasteiger partial charge in [-0.3, -0.25) is 4.79 Å². The number of nitrogens with one attached hydrogen (secondary N) is 2. The quantitative estimate of drug-likeness (QED) is 0.00388. The number of hydrogen-bond donors (Lipinski definition) is 6. The third kappa shape index (κ3) is 12.9. The van der Waals surface area contributed by atoms with Gasteiger partial charge in [0.25, 0.3) is 0 Å². The molecule has 0 aliphatic carbocycles. The molecule has 5 heterocycles. The Kier molecular flexibility index (Phi) is 20.6. The zero-order valence-electron chi connectivity index (χ0n) is 47.6. The zero-order valence-corrected chi connectivity index (χ0v) is 51.1. The molecule has 7 N–H and O–H groups in total. The van der Waals surface area contributed by atoms with E-state index in [-0.39, 0.29) is 71.9 Å². The molecule has 2 aromatic heterocycles. The van der Waals surface area contributed by atoms with Gasteiger partial charge in [-0.2, -0.15) is 4.58 Å². The van der Waals surface area contributed by atoms with Gasteiger partial charge in [-0.25, -0.2) is 5.26 Å². The van der Waals surface area contributed by atoms with Gasteiger partial charge in [0.05, 0.1) is 5.41 Å². The van der Waals surface area contributed by atoms with Crippen molar-refractivity contribution in [2.24, 2.45) is 0 Å². The molecule has 1 saturated heterocycles. The van der Waals surface area contributed by atoms with Gasteiger partial charge in [0, 0.05) is 78.2 Å². The van der Waals surface area contributed by atoms with Crippen molar-refractivity contribution in [3.8, 4) is 11.8 Å². The van der Waals surface area contributed by atoms with Crippen LogP contribution in [0.1, 0.15) is 95.6 Å². The molecule has 9 rings (SSSR count). The summed E-state index contributed by atoms with van der Waals surface area (Å²) in [5.74, 6) is 6.03. The second-order valence-corrected chi connectivity index (χ2v) is 34.0. The van der Waals surface area contributed by atoms with Gasteiger partial charge in [-0.1, -0.05) is 91.7 Å². The number of allylic oxidation sites excluding steroid dienone is 6. The molecular formula is C58H67N7O17P3S+. The van der Waals surface area contributed by atoms with E-state index in [9.17, 15) is 27.8 Å². The van der Waals surface area contributed by atoms with E-state index in [2.05, 4.69) is 196 Å². The number of carbonyl (C=O) groups is 1. The van der Waals surface area contributed by atoms with Crippen molar-refractivity contribution >= 4 is 94.7 Å². The predicted octanol–water partition coefficient (Wildman–Crippen LogP) is 12.1. The summed E-state index contributed by atoms with van der Waals surface area (Å²) in [6.45, 7) is 11.0. The monoisotopic (exact) mass is 1260 g/mol. The molecule has 2 unspecified atom stereocenters. The molecule has 86 heavy (non-hydrogen) atoms. The van der Waals surface area contributed by atoms with Crippen molar-refractivity contribution in [3.63, 3.8) is 0 Å². The summed E-state index contributed by atoms with van der Waals surface area (Å²) >= 11 is 1.06. The normalized spacial score (nSPS) is 18.1. The molecule has 3 aliphatic heterocycles. The van der Waals surface area contributed by atoms with E-state index in [1.165, 1.54) is 66.2 Å². The molecule has 2 atom stereocenters. The van der Waals surface area contributed by atoms with E-state index in [0.29, 0.717) is 18.6 Å². The van der Waals surface area contributed by atoms with E-state index in [1.54, 1.807) is 0 Å². The number of nitrogen functional groups attached to an aromatic ring is 1. The first-order chi connectivity index (χ1) is 41.4. The minimum atomic E-state index is -6.20. The van der Waals surface area contributed by atoms with Crippen LogP contribution in [0.5, 0.6) is 0 Å². The summed E-state index contributed by atoms with van der Waals surface area (Å²) in [4.78, 5) is 35.2. The first kappa shape index (κ1) is 64.0. The molecule has 1 fully saturated rings. The summed E-state index contributed by atoms with van der Waals surface area (Å²) in [6, 6.07) is 25.8. The average molecular weight is 1260 g/mol. The largest absolute Gasteiger partial charge is 0.344 e. The van der Waals surface area contributed by atoms with Gasteiger partial charge in [0.1, 0.15) is 6.54 Å². The van der Waals surface area contributed by atoms with E-state index in [1.807, 2.05) is 0 Å². The topological polar surface area (TPSA) is 315 Å². The molecule has 6 aromatic rings. The van der Waals surface area contributed by atoms with Crippen LogP contribution in [0.2, 0.25) is 0 Å². The van der Waals surface area contributed by atoms with Crippen LogP contribution in [-0.2, 0) is 72.2 Å². The molecule has 4 aromatic carbocycles. The van der Waals surface area contributed by atoms with Crippen LogP contribution < -0.4 is 21.5 Å². The summed E-state index contributed by atoms with van der Waals surface area (Å²) in [5.41, 5.74) is 12.2. The smallest absolute Gasteiger partial charge is 0.210 e. The Labute approximate surface area is 499 Å². The van der Waals surface area contributed by atoms with E-state index < -0.39 is 45.2 Å². The number of H-pyrrole nitrogens is 1. The molecule has 0 spiro atoms. The minimum absolute atomic E-state index is 0.0109. The molecule has 28 heteroatoms. The first-order valence-corrected chi connectivity index (χ1v) is 34.7. The van der Waals surface area contributed by atoms with E-state index >= 15 is 0 Å². The van der Waals surface area contributed by atoms with Crippen molar-refractivity contribution in [1.29, 1.82) is 0 Å². The standard InChI is InChI=1S/C58H66N7O17P3S/c1-57(2)47(22-7-5-8-23-48-58(3,4)53-44-21-13-11-18-40(44)26-29-46(53)64(48)33-16-36-86-82-79-70)63(45-28-25-39-17-10-12-20-43(39)52(45)57)32-14-6-9-24-49(66)60-31-35-75-34-15-19-41-37-65(54-51(41)55(67)62-56(59)61-54)50-30-27-42(76-50)38-85(80-77-68,81-78-69,83(71)72)84(73)74/h5,7-8,10-13,17-18,20-23,25-26,28-29,37,42,50H,6,9,14,16,24,27,30-36,38H2,1-4H3,(H6-,59,60,61,62,66,67,68,69,70)/p+1. The Morgan fingerprint density at radius 2 is 1.60 bits per heavy atom. The van der Waals surface area contributed by atoms with Crippen LogP contribution in [-0.4, -0.2) is 97.4 Å². The number of aromatic nitrogens is 3. The van der Waals surface area contributed by atoms with E-state index in [4.69, 9.17) is 31.0 Å². The maximum absolute atomic E-state index is 13.1. The van der Waals surface area contributed by atoms with Crippen molar-refractivity contribution in [2.75, 3.05) is 55.4 Å². The van der Waals surface area contributed by atoms with Crippen LogP contribution in [0.25, 0.3) is 32.6 Å². The van der Waals surface area contributed by atoms with Crippen molar-refractivity contribution in [1.82, 2.24) is 19.9 Å². The Bertz CT molecular complexity index is 3890. The average Bonchev–Trinajstić information content (AvgIpc) is 1.65. The minimum Gasteiger partial charge on any atom is -0.344 e. The van der Waals surface area contributed by atoms with Crippen LogP contribution >= 0.6 is 33.2 Å². The summed E-state index contributed by atoms with van der Waals surface area (Å²) in [5, 5.41) is 45.1. The molecule has 0 saturated carbocycles. The number of unbranched alkanes of at least 4 members (excludes halogenated alkanes) is 2. The fourth-order valence-corrected chi connectivity index (χ4v) is 18.6. The van der Waals surface area contributed by atoms with Crippen molar-refractivity contribution in [3.05, 3.63) is 142 Å². The molecule has 456 valence electrons. The second-order valence-electron chi connectivity index (χ2n) is 21.8. The third-order valence-corrected chi connectivity index (χ3v) is 27.7. The van der Waals surface area contributed by atoms with Crippen LogP contribution in [0.15, 0.2) is 120 Å². The Hall–Kier alpha value is -6.52. The number of aromatic amines is 1. The van der Waals surface area contributed by atoms with Crippen molar-refractivity contribution < 1.29 is 81.7 Å². The number of amides is 1. The summed E-state index contributed by atoms with van der Waals surface area (Å²) < 4.78 is 78.3. The van der Waals surface area contributed by atoms with Gasteiger partial charge in [-0.05, 0) is 78.4 Å². The number of anilines is 2. The summed E-state index contributed by atoms with van der Waals surface area (Å²) in [6.07, 6.45) is 6.31. The van der Waals surface area contributed by atoms with E-state index in [0.717, 1.165) is 44.4 Å². The molecule has 0 radical (unpaired) electrons. The number of ether oxygens (including phenoxy) is 2. The maximum atomic E-state index is 13.1. The molecule has 0 bridgehead atoms. The number of nitrogens with two attached hydrogens (primary N) is 1. The molecule has 1 amide bonds. The van der Waals surface area contributed by atoms with Crippen molar-refractivity contribution in [2.45, 2.75) is 95.8 Å². The van der Waals surface area contributed by atoms with Gasteiger partial charge >= 0.3 is 195 Å². The van der Waals surface area contributed by atoms with Gasteiger partial charge < -0.3 is 10.2 Å². The number of hydrogen-bond acceptors (Lipinski definition) is 21. The SMILES string of the molecule is CC1(C)C(=CC=CC=CC2=[N+](CCCCCC(=O)NCCOCC#Cc3cn(C4CCC(CP(OOO)(OOO)(P(=O)=O)P(=O)=O)O4)c4nc(N)[nH]c(=O)c34)c3ccc4ccccc4c3C2(C)C)N(CCCSOOO)c2ccc3ccccc3c21. The molecule has 3 aliphatic rings. The number of rotatable bonds is 28. The number of carbonyl (C=O) groups excluding carboxylic acids is 1. The second kappa shape index (κ2) is 27.7. The zero-order chi connectivity index (χ0) is 61.3. The molecular weight excluding hydrogens is 1190 g/mol. The summed E-state index contributed by atoms with van der Waals surface area (Å²) in [7, 11) is -8.51. The fourth-order valence-electron chi connectivity index (χ4n) is 12.0. The Balaban J connectivity index is 0.796. The van der Waals surface area contributed by atoms with Gasteiger partial charge in [0.2, 0.25) is 11.6 Å². The van der Waals surface area contributed by atoms with Crippen LogP contribution in [0.3, 0.4) is 0 Å². The fraction of sp³-hybridized carbons (Fsp3) is 0.379. The predicted molar refractivity (Wildman–Crippen MR) is 324 cm³/mol. The number of fused-ring (bicyclic) bond motifs is 7. The van der Waals surface area contributed by atoms with Crippen LogP contribution in [0, 0.1) is 11.8 Å².